The lowest BCUT2D eigenvalue weighted by Crippen LogP contribution is -2.15. The molecule has 6 heteroatoms. The highest BCUT2D eigenvalue weighted by Crippen LogP contribution is 2.15. The molecule has 0 aromatic carbocycles. The molecule has 0 amide bonds. The zero-order valence-electron chi connectivity index (χ0n) is 12.3. The van der Waals surface area contributed by atoms with Crippen molar-refractivity contribution in [2.24, 2.45) is 0 Å². The lowest BCUT2D eigenvalue weighted by molar-refractivity contribution is 0.187. The van der Waals surface area contributed by atoms with E-state index >= 15 is 0 Å². The Bertz CT molecular complexity index is 374. The van der Waals surface area contributed by atoms with Crippen LogP contribution >= 0.6 is 0 Å². The van der Waals surface area contributed by atoms with Crippen LogP contribution in [-0.4, -0.2) is 34.2 Å². The van der Waals surface area contributed by atoms with Crippen molar-refractivity contribution in [1.29, 1.82) is 0 Å². The topological polar surface area (TPSA) is 69.2 Å². The van der Waals surface area contributed by atoms with E-state index in [0.717, 1.165) is 25.8 Å². The fourth-order valence-electron chi connectivity index (χ4n) is 1.53. The zero-order valence-corrected chi connectivity index (χ0v) is 12.3. The molecule has 0 fully saturated rings. The van der Waals surface area contributed by atoms with Crippen LogP contribution in [-0.2, 0) is 0 Å². The fraction of sp³-hybridized carbons (Fsp3) is 0.769. The van der Waals surface area contributed by atoms with Gasteiger partial charge in [0, 0.05) is 6.54 Å². The molecular formula is C13H24N4O2. The Morgan fingerprint density at radius 2 is 1.79 bits per heavy atom. The second-order valence-corrected chi connectivity index (χ2v) is 4.32. The van der Waals surface area contributed by atoms with Gasteiger partial charge in [-0.15, -0.1) is 4.98 Å². The molecule has 0 bridgehead atoms. The van der Waals surface area contributed by atoms with Crippen molar-refractivity contribution < 1.29 is 9.47 Å². The van der Waals surface area contributed by atoms with Gasteiger partial charge in [0.2, 0.25) is 5.95 Å². The van der Waals surface area contributed by atoms with Crippen molar-refractivity contribution in [1.82, 2.24) is 15.0 Å². The van der Waals surface area contributed by atoms with Crippen LogP contribution in [0.5, 0.6) is 12.0 Å². The number of nitrogens with one attached hydrogen (secondary N) is 1. The van der Waals surface area contributed by atoms with E-state index in [9.17, 15) is 0 Å². The molecule has 0 aliphatic carbocycles. The van der Waals surface area contributed by atoms with Gasteiger partial charge >= 0.3 is 12.0 Å². The van der Waals surface area contributed by atoms with Crippen LogP contribution in [0.25, 0.3) is 0 Å². The number of hydrogen-bond donors (Lipinski definition) is 1. The molecule has 1 heterocycles. The highest BCUT2D eigenvalue weighted by Gasteiger charge is 2.11. The van der Waals surface area contributed by atoms with Crippen molar-refractivity contribution in [2.45, 2.75) is 53.1 Å². The summed E-state index contributed by atoms with van der Waals surface area (Å²) >= 11 is 0. The number of hydrogen-bond acceptors (Lipinski definition) is 6. The van der Waals surface area contributed by atoms with Crippen molar-refractivity contribution in [3.63, 3.8) is 0 Å². The normalized spacial score (nSPS) is 12.0. The summed E-state index contributed by atoms with van der Waals surface area (Å²) in [7, 11) is 0. The Labute approximate surface area is 115 Å². The lowest BCUT2D eigenvalue weighted by Gasteiger charge is -2.13. The molecule has 1 aromatic heterocycles. The van der Waals surface area contributed by atoms with Gasteiger partial charge in [-0.3, -0.25) is 0 Å². The van der Waals surface area contributed by atoms with Gasteiger partial charge in [0.25, 0.3) is 0 Å². The molecule has 1 rings (SSSR count). The number of anilines is 1. The van der Waals surface area contributed by atoms with Gasteiger partial charge in [-0.05, 0) is 26.7 Å². The molecule has 0 aliphatic rings. The van der Waals surface area contributed by atoms with Crippen LogP contribution in [0.4, 0.5) is 5.95 Å². The van der Waals surface area contributed by atoms with E-state index in [-0.39, 0.29) is 6.10 Å². The van der Waals surface area contributed by atoms with Crippen molar-refractivity contribution in [2.75, 3.05) is 18.5 Å². The van der Waals surface area contributed by atoms with Crippen LogP contribution in [0.15, 0.2) is 0 Å². The maximum atomic E-state index is 5.68. The van der Waals surface area contributed by atoms with E-state index < -0.39 is 0 Å². The summed E-state index contributed by atoms with van der Waals surface area (Å²) in [6, 6.07) is 0.629. The third-order valence-corrected chi connectivity index (χ3v) is 2.37. The molecule has 1 unspecified atom stereocenters. The van der Waals surface area contributed by atoms with Gasteiger partial charge in [-0.2, -0.15) is 9.97 Å². The van der Waals surface area contributed by atoms with Crippen molar-refractivity contribution in [3.8, 4) is 12.0 Å². The minimum absolute atomic E-state index is 0.0842. The SMILES string of the molecule is CCCOc1nc(NCC)nc(OC(C)CCC)n1. The molecule has 1 aromatic rings. The minimum atomic E-state index is 0.0842. The maximum absolute atomic E-state index is 5.68. The Morgan fingerprint density at radius 1 is 1.05 bits per heavy atom. The molecule has 6 nitrogen and oxygen atoms in total. The predicted molar refractivity (Wildman–Crippen MR) is 74.8 cm³/mol. The molecular weight excluding hydrogens is 244 g/mol. The largest absolute Gasteiger partial charge is 0.463 e. The minimum Gasteiger partial charge on any atom is -0.463 e. The first-order valence-corrected chi connectivity index (χ1v) is 6.98. The first-order valence-electron chi connectivity index (χ1n) is 6.98. The second kappa shape index (κ2) is 8.50. The Balaban J connectivity index is 2.79. The number of rotatable bonds is 9. The summed E-state index contributed by atoms with van der Waals surface area (Å²) in [5.74, 6) is 0.488. The van der Waals surface area contributed by atoms with E-state index in [1.807, 2.05) is 20.8 Å². The number of ether oxygens (including phenoxy) is 2. The Kier molecular flexibility index (Phi) is 6.92. The van der Waals surface area contributed by atoms with Gasteiger partial charge in [0.1, 0.15) is 0 Å². The smallest absolute Gasteiger partial charge is 0.324 e. The quantitative estimate of drug-likeness (QED) is 0.742. The number of nitrogens with zero attached hydrogens (tertiary/aromatic N) is 3. The van der Waals surface area contributed by atoms with Crippen molar-refractivity contribution in [3.05, 3.63) is 0 Å². The van der Waals surface area contributed by atoms with E-state index in [0.29, 0.717) is 24.6 Å². The Hall–Kier alpha value is -1.59. The molecule has 0 aliphatic heterocycles. The summed E-state index contributed by atoms with van der Waals surface area (Å²) in [5.41, 5.74) is 0. The fourth-order valence-corrected chi connectivity index (χ4v) is 1.53. The molecule has 1 N–H and O–H groups in total. The van der Waals surface area contributed by atoms with Crippen LogP contribution in [0.2, 0.25) is 0 Å². The molecule has 0 spiro atoms. The summed E-state index contributed by atoms with van der Waals surface area (Å²) in [5, 5.41) is 3.05. The molecule has 19 heavy (non-hydrogen) atoms. The van der Waals surface area contributed by atoms with Crippen LogP contribution < -0.4 is 14.8 Å². The van der Waals surface area contributed by atoms with Gasteiger partial charge in [-0.1, -0.05) is 20.3 Å². The van der Waals surface area contributed by atoms with E-state index in [4.69, 9.17) is 9.47 Å². The zero-order chi connectivity index (χ0) is 14.1. The first-order chi connectivity index (χ1) is 9.19. The van der Waals surface area contributed by atoms with Gasteiger partial charge in [0.05, 0.1) is 12.7 Å². The van der Waals surface area contributed by atoms with Crippen LogP contribution in [0.3, 0.4) is 0 Å². The summed E-state index contributed by atoms with van der Waals surface area (Å²) in [4.78, 5) is 12.6. The van der Waals surface area contributed by atoms with Crippen molar-refractivity contribution >= 4 is 5.95 Å². The third kappa shape index (κ3) is 5.72. The van der Waals surface area contributed by atoms with E-state index in [1.54, 1.807) is 0 Å². The summed E-state index contributed by atoms with van der Waals surface area (Å²) in [6.45, 7) is 9.46. The monoisotopic (exact) mass is 268 g/mol. The summed E-state index contributed by atoms with van der Waals surface area (Å²) in [6.07, 6.45) is 3.02. The molecule has 0 saturated carbocycles. The highest BCUT2D eigenvalue weighted by molar-refractivity contribution is 5.27. The third-order valence-electron chi connectivity index (χ3n) is 2.37. The standard InChI is InChI=1S/C13H24N4O2/c1-5-8-10(4)19-13-16-11(14-7-3)15-12(17-13)18-9-6-2/h10H,5-9H2,1-4H3,(H,14,15,16,17). The highest BCUT2D eigenvalue weighted by atomic mass is 16.5. The molecule has 0 saturated heterocycles. The number of aromatic nitrogens is 3. The molecule has 0 radical (unpaired) electrons. The maximum Gasteiger partial charge on any atom is 0.324 e. The lowest BCUT2D eigenvalue weighted by atomic mass is 10.2. The van der Waals surface area contributed by atoms with Crippen LogP contribution in [0.1, 0.15) is 47.0 Å². The first kappa shape index (κ1) is 15.5. The average Bonchev–Trinajstić information content (AvgIpc) is 2.36. The van der Waals surface area contributed by atoms with Crippen LogP contribution in [0, 0.1) is 0 Å². The summed E-state index contributed by atoms with van der Waals surface area (Å²) < 4.78 is 11.1. The van der Waals surface area contributed by atoms with Gasteiger partial charge < -0.3 is 14.8 Å². The molecule has 1 atom stereocenters. The van der Waals surface area contributed by atoms with Gasteiger partial charge in [0.15, 0.2) is 0 Å². The van der Waals surface area contributed by atoms with E-state index in [2.05, 4.69) is 27.2 Å². The van der Waals surface area contributed by atoms with E-state index in [1.165, 1.54) is 0 Å². The second-order valence-electron chi connectivity index (χ2n) is 4.32. The average molecular weight is 268 g/mol. The van der Waals surface area contributed by atoms with Gasteiger partial charge in [-0.25, -0.2) is 0 Å². The molecule has 108 valence electrons. The predicted octanol–water partition coefficient (Wildman–Crippen LogP) is 2.66. The Morgan fingerprint density at radius 3 is 2.42 bits per heavy atom.